The van der Waals surface area contributed by atoms with E-state index in [9.17, 15) is 13.2 Å². The van der Waals surface area contributed by atoms with Crippen molar-refractivity contribution in [3.05, 3.63) is 29.3 Å². The number of methoxy groups -OCH3 is 1. The van der Waals surface area contributed by atoms with Gasteiger partial charge in [0.15, 0.2) is 0 Å². The lowest BCUT2D eigenvalue weighted by molar-refractivity contribution is 0.0596. The van der Waals surface area contributed by atoms with Crippen molar-refractivity contribution in [2.45, 2.75) is 18.2 Å². The van der Waals surface area contributed by atoms with Gasteiger partial charge in [-0.05, 0) is 39.1 Å². The maximum absolute atomic E-state index is 12.2. The summed E-state index contributed by atoms with van der Waals surface area (Å²) in [5, 5.41) is 2.93. The molecule has 0 atom stereocenters. The van der Waals surface area contributed by atoms with E-state index in [0.717, 1.165) is 5.56 Å². The van der Waals surface area contributed by atoms with Crippen molar-refractivity contribution in [3.8, 4) is 0 Å². The number of benzene rings is 1. The van der Waals surface area contributed by atoms with Gasteiger partial charge in [-0.25, -0.2) is 17.9 Å². The van der Waals surface area contributed by atoms with Crippen molar-refractivity contribution >= 4 is 16.0 Å². The normalized spacial score (nSPS) is 11.3. The number of ether oxygens (including phenoxy) is 1. The van der Waals surface area contributed by atoms with Gasteiger partial charge in [0, 0.05) is 6.54 Å². The minimum Gasteiger partial charge on any atom is -0.465 e. The molecule has 20 heavy (non-hydrogen) atoms. The molecule has 112 valence electrons. The van der Waals surface area contributed by atoms with Gasteiger partial charge in [-0.2, -0.15) is 0 Å². The number of nitrogens with one attached hydrogen (secondary N) is 2. The zero-order valence-corrected chi connectivity index (χ0v) is 12.7. The van der Waals surface area contributed by atoms with Crippen molar-refractivity contribution < 1.29 is 17.9 Å². The number of aryl methyl sites for hydroxylation is 1. The number of esters is 1. The molecule has 1 aromatic carbocycles. The Morgan fingerprint density at radius 3 is 2.60 bits per heavy atom. The van der Waals surface area contributed by atoms with Crippen LogP contribution < -0.4 is 10.0 Å². The zero-order chi connectivity index (χ0) is 15.2. The Bertz CT molecular complexity index is 570. The first-order valence-corrected chi connectivity index (χ1v) is 7.74. The van der Waals surface area contributed by atoms with Crippen LogP contribution in [0.25, 0.3) is 0 Å². The van der Waals surface area contributed by atoms with Gasteiger partial charge in [-0.3, -0.25) is 0 Å². The highest BCUT2D eigenvalue weighted by molar-refractivity contribution is 7.89. The predicted octanol–water partition coefficient (Wildman–Crippen LogP) is 0.669. The van der Waals surface area contributed by atoms with Crippen LogP contribution in [0.1, 0.15) is 22.3 Å². The SMILES string of the molecule is CNCCCNS(=O)(=O)c1ccc(C)cc1C(=O)OC. The fourth-order valence-corrected chi connectivity index (χ4v) is 2.94. The van der Waals surface area contributed by atoms with Crippen LogP contribution in [0.15, 0.2) is 23.1 Å². The summed E-state index contributed by atoms with van der Waals surface area (Å²) >= 11 is 0. The van der Waals surface area contributed by atoms with Crippen LogP contribution in [0.2, 0.25) is 0 Å². The van der Waals surface area contributed by atoms with Crippen LogP contribution in [-0.4, -0.2) is 41.6 Å². The number of hydrogen-bond donors (Lipinski definition) is 2. The maximum atomic E-state index is 12.2. The summed E-state index contributed by atoms with van der Waals surface area (Å²) in [5.41, 5.74) is 0.841. The summed E-state index contributed by atoms with van der Waals surface area (Å²) < 4.78 is 31.5. The summed E-state index contributed by atoms with van der Waals surface area (Å²) in [5.74, 6) is -0.663. The first-order valence-electron chi connectivity index (χ1n) is 6.25. The van der Waals surface area contributed by atoms with Crippen LogP contribution in [0.5, 0.6) is 0 Å². The molecule has 0 bridgehead atoms. The molecule has 0 saturated carbocycles. The highest BCUT2D eigenvalue weighted by Crippen LogP contribution is 2.18. The number of hydrogen-bond acceptors (Lipinski definition) is 5. The minimum absolute atomic E-state index is 0.0496. The molecular formula is C13H20N2O4S. The molecule has 0 heterocycles. The van der Waals surface area contributed by atoms with Crippen molar-refractivity contribution in [1.29, 1.82) is 0 Å². The molecule has 0 fully saturated rings. The van der Waals surface area contributed by atoms with Gasteiger partial charge in [0.2, 0.25) is 10.0 Å². The lowest BCUT2D eigenvalue weighted by Gasteiger charge is -2.11. The fourth-order valence-electron chi connectivity index (χ4n) is 1.70. The molecule has 0 amide bonds. The second kappa shape index (κ2) is 7.37. The highest BCUT2D eigenvalue weighted by Gasteiger charge is 2.22. The van der Waals surface area contributed by atoms with Crippen molar-refractivity contribution in [3.63, 3.8) is 0 Å². The van der Waals surface area contributed by atoms with Crippen LogP contribution in [-0.2, 0) is 14.8 Å². The molecular weight excluding hydrogens is 280 g/mol. The number of carbonyl (C=O) groups is 1. The summed E-state index contributed by atoms with van der Waals surface area (Å²) in [7, 11) is -0.703. The highest BCUT2D eigenvalue weighted by atomic mass is 32.2. The molecule has 0 aliphatic carbocycles. The van der Waals surface area contributed by atoms with E-state index in [1.165, 1.54) is 19.2 Å². The van der Waals surface area contributed by atoms with Gasteiger partial charge < -0.3 is 10.1 Å². The Morgan fingerprint density at radius 2 is 2.00 bits per heavy atom. The standard InChI is InChI=1S/C13H20N2O4S/c1-10-5-6-12(11(9-10)13(16)19-3)20(17,18)15-8-4-7-14-2/h5-6,9,14-15H,4,7-8H2,1-3H3. The van der Waals surface area contributed by atoms with Crippen LogP contribution >= 0.6 is 0 Å². The van der Waals surface area contributed by atoms with Crippen LogP contribution in [0.4, 0.5) is 0 Å². The van der Waals surface area contributed by atoms with E-state index in [0.29, 0.717) is 19.5 Å². The molecule has 0 spiro atoms. The fraction of sp³-hybridized carbons (Fsp3) is 0.462. The largest absolute Gasteiger partial charge is 0.465 e. The molecule has 0 aliphatic rings. The van der Waals surface area contributed by atoms with Crippen LogP contribution in [0, 0.1) is 6.92 Å². The van der Waals surface area contributed by atoms with E-state index in [-0.39, 0.29) is 10.5 Å². The predicted molar refractivity (Wildman–Crippen MR) is 76.3 cm³/mol. The smallest absolute Gasteiger partial charge is 0.339 e. The van der Waals surface area contributed by atoms with Crippen LogP contribution in [0.3, 0.4) is 0 Å². The number of rotatable bonds is 7. The van der Waals surface area contributed by atoms with E-state index in [1.807, 2.05) is 0 Å². The molecule has 0 radical (unpaired) electrons. The Balaban J connectivity index is 3.02. The van der Waals surface area contributed by atoms with Crippen molar-refractivity contribution in [1.82, 2.24) is 10.0 Å². The first kappa shape index (κ1) is 16.6. The average molecular weight is 300 g/mol. The topological polar surface area (TPSA) is 84.5 Å². The Morgan fingerprint density at radius 1 is 1.30 bits per heavy atom. The first-order chi connectivity index (χ1) is 9.42. The minimum atomic E-state index is -3.72. The molecule has 1 aromatic rings. The summed E-state index contributed by atoms with van der Waals surface area (Å²) in [6.07, 6.45) is 0.662. The molecule has 0 aliphatic heterocycles. The quantitative estimate of drug-likeness (QED) is 0.571. The number of sulfonamides is 1. The van der Waals surface area contributed by atoms with Gasteiger partial charge >= 0.3 is 5.97 Å². The summed E-state index contributed by atoms with van der Waals surface area (Å²) in [6.45, 7) is 2.79. The van der Waals surface area contributed by atoms with Gasteiger partial charge in [0.1, 0.15) is 0 Å². The zero-order valence-electron chi connectivity index (χ0n) is 11.9. The van der Waals surface area contributed by atoms with Gasteiger partial charge in [-0.15, -0.1) is 0 Å². The van der Waals surface area contributed by atoms with E-state index in [2.05, 4.69) is 14.8 Å². The summed E-state index contributed by atoms with van der Waals surface area (Å²) in [6, 6.07) is 4.57. The third kappa shape index (κ3) is 4.29. The Labute approximate surface area is 119 Å². The van der Waals surface area contributed by atoms with Gasteiger partial charge in [0.25, 0.3) is 0 Å². The third-order valence-electron chi connectivity index (χ3n) is 2.73. The van der Waals surface area contributed by atoms with Crippen molar-refractivity contribution in [2.24, 2.45) is 0 Å². The lowest BCUT2D eigenvalue weighted by atomic mass is 10.1. The molecule has 6 nitrogen and oxygen atoms in total. The second-order valence-corrected chi connectivity index (χ2v) is 6.08. The van der Waals surface area contributed by atoms with Gasteiger partial charge in [-0.1, -0.05) is 11.6 Å². The Hall–Kier alpha value is -1.44. The molecule has 0 unspecified atom stereocenters. The van der Waals surface area contributed by atoms with E-state index in [1.54, 1.807) is 20.0 Å². The van der Waals surface area contributed by atoms with E-state index >= 15 is 0 Å². The summed E-state index contributed by atoms with van der Waals surface area (Å²) in [4.78, 5) is 11.6. The monoisotopic (exact) mass is 300 g/mol. The second-order valence-electron chi connectivity index (χ2n) is 4.35. The average Bonchev–Trinajstić information content (AvgIpc) is 2.42. The Kier molecular flexibility index (Phi) is 6.12. The van der Waals surface area contributed by atoms with Gasteiger partial charge in [0.05, 0.1) is 17.6 Å². The third-order valence-corrected chi connectivity index (χ3v) is 4.24. The molecule has 0 saturated heterocycles. The van der Waals surface area contributed by atoms with E-state index < -0.39 is 16.0 Å². The van der Waals surface area contributed by atoms with Crippen molar-refractivity contribution in [2.75, 3.05) is 27.2 Å². The molecule has 2 N–H and O–H groups in total. The van der Waals surface area contributed by atoms with E-state index in [4.69, 9.17) is 0 Å². The lowest BCUT2D eigenvalue weighted by Crippen LogP contribution is -2.28. The maximum Gasteiger partial charge on any atom is 0.339 e. The molecule has 0 aromatic heterocycles. The molecule has 7 heteroatoms. The molecule has 1 rings (SSSR count). The number of carbonyl (C=O) groups excluding carboxylic acids is 1.